The van der Waals surface area contributed by atoms with Crippen LogP contribution < -0.4 is 5.32 Å². The Labute approximate surface area is 140 Å². The average Bonchev–Trinajstić information content (AvgIpc) is 3.38. The molecule has 1 amide bonds. The standard InChI is InChI=1S/C17H21N5O2/c1-18-15-8-12(4-5-19-15)17(24)21-6-7-22-13(10-21)9-14(20-22)16(23)11-2-3-11/h4-5,8-9,11,16,23H,2-3,6-7,10H2,1H3,(H,18,19)/t16-/m0/s1. The van der Waals surface area contributed by atoms with Gasteiger partial charge in [-0.3, -0.25) is 9.48 Å². The molecule has 0 radical (unpaired) electrons. The van der Waals surface area contributed by atoms with E-state index in [2.05, 4.69) is 15.4 Å². The Bertz CT molecular complexity index is 768. The third kappa shape index (κ3) is 2.75. The first-order valence-electron chi connectivity index (χ1n) is 8.33. The second-order valence-electron chi connectivity index (χ2n) is 6.47. The van der Waals surface area contributed by atoms with Crippen LogP contribution in [0.1, 0.15) is 40.7 Å². The van der Waals surface area contributed by atoms with Gasteiger partial charge in [-0.15, -0.1) is 0 Å². The summed E-state index contributed by atoms with van der Waals surface area (Å²) in [6.07, 6.45) is 3.32. The van der Waals surface area contributed by atoms with Crippen LogP contribution in [0.4, 0.5) is 5.82 Å². The van der Waals surface area contributed by atoms with Gasteiger partial charge in [0.05, 0.1) is 24.5 Å². The topological polar surface area (TPSA) is 83.3 Å². The van der Waals surface area contributed by atoms with Crippen molar-refractivity contribution in [2.75, 3.05) is 18.9 Å². The van der Waals surface area contributed by atoms with Gasteiger partial charge in [0.2, 0.25) is 0 Å². The number of aromatic nitrogens is 3. The lowest BCUT2D eigenvalue weighted by Gasteiger charge is -2.27. The molecule has 1 saturated carbocycles. The van der Waals surface area contributed by atoms with Crippen molar-refractivity contribution >= 4 is 11.7 Å². The van der Waals surface area contributed by atoms with Gasteiger partial charge in [0.15, 0.2) is 0 Å². The molecule has 0 saturated heterocycles. The smallest absolute Gasteiger partial charge is 0.254 e. The average molecular weight is 327 g/mol. The van der Waals surface area contributed by atoms with E-state index in [9.17, 15) is 9.90 Å². The van der Waals surface area contributed by atoms with Gasteiger partial charge < -0.3 is 15.3 Å². The summed E-state index contributed by atoms with van der Waals surface area (Å²) in [6, 6.07) is 5.43. The predicted octanol–water partition coefficient (Wildman–Crippen LogP) is 1.42. The van der Waals surface area contributed by atoms with Crippen LogP contribution in [0.15, 0.2) is 24.4 Å². The van der Waals surface area contributed by atoms with Crippen LogP contribution in [-0.2, 0) is 13.1 Å². The van der Waals surface area contributed by atoms with Gasteiger partial charge in [-0.05, 0) is 37.0 Å². The first-order chi connectivity index (χ1) is 11.7. The molecule has 2 aromatic rings. The highest BCUT2D eigenvalue weighted by atomic mass is 16.3. The van der Waals surface area contributed by atoms with Crippen LogP contribution in [0.2, 0.25) is 0 Å². The molecule has 2 N–H and O–H groups in total. The number of pyridine rings is 1. The van der Waals surface area contributed by atoms with Crippen molar-refractivity contribution in [1.29, 1.82) is 0 Å². The number of aliphatic hydroxyl groups is 1. The SMILES string of the molecule is CNc1cc(C(=O)N2CCn3nc([C@@H](O)C4CC4)cc3C2)ccn1. The number of anilines is 1. The number of nitrogens with one attached hydrogen (secondary N) is 1. The van der Waals surface area contributed by atoms with Crippen molar-refractivity contribution in [3.05, 3.63) is 41.3 Å². The summed E-state index contributed by atoms with van der Waals surface area (Å²) in [6.45, 7) is 1.78. The number of aliphatic hydroxyl groups excluding tert-OH is 1. The zero-order valence-electron chi connectivity index (χ0n) is 13.6. The van der Waals surface area contributed by atoms with Gasteiger partial charge in [-0.2, -0.15) is 5.10 Å². The first-order valence-corrected chi connectivity index (χ1v) is 8.33. The van der Waals surface area contributed by atoms with Gasteiger partial charge in [0, 0.05) is 25.4 Å². The highest BCUT2D eigenvalue weighted by molar-refractivity contribution is 5.94. The van der Waals surface area contributed by atoms with Gasteiger partial charge in [0.1, 0.15) is 11.9 Å². The van der Waals surface area contributed by atoms with Crippen LogP contribution in [0.25, 0.3) is 0 Å². The molecule has 7 nitrogen and oxygen atoms in total. The highest BCUT2D eigenvalue weighted by Crippen LogP contribution is 2.40. The fourth-order valence-electron chi connectivity index (χ4n) is 3.14. The normalized spacial score (nSPS) is 18.2. The number of hydrogen-bond donors (Lipinski definition) is 2. The molecule has 1 fully saturated rings. The molecule has 4 rings (SSSR count). The van der Waals surface area contributed by atoms with Crippen molar-refractivity contribution in [3.8, 4) is 0 Å². The fourth-order valence-corrected chi connectivity index (χ4v) is 3.14. The summed E-state index contributed by atoms with van der Waals surface area (Å²) >= 11 is 0. The number of carbonyl (C=O) groups is 1. The molecular formula is C17H21N5O2. The summed E-state index contributed by atoms with van der Waals surface area (Å²) in [5.41, 5.74) is 2.34. The zero-order valence-corrected chi connectivity index (χ0v) is 13.6. The predicted molar refractivity (Wildman–Crippen MR) is 88.4 cm³/mol. The molecule has 3 heterocycles. The number of carbonyl (C=O) groups excluding carboxylic acids is 1. The quantitative estimate of drug-likeness (QED) is 0.887. The summed E-state index contributed by atoms with van der Waals surface area (Å²) in [7, 11) is 1.78. The van der Waals surface area contributed by atoms with Crippen LogP contribution in [0.5, 0.6) is 0 Å². The summed E-state index contributed by atoms with van der Waals surface area (Å²) in [5.74, 6) is 1.03. The van der Waals surface area contributed by atoms with E-state index >= 15 is 0 Å². The third-order valence-corrected chi connectivity index (χ3v) is 4.74. The lowest BCUT2D eigenvalue weighted by molar-refractivity contribution is 0.0705. The van der Waals surface area contributed by atoms with Crippen molar-refractivity contribution < 1.29 is 9.90 Å². The minimum Gasteiger partial charge on any atom is -0.386 e. The van der Waals surface area contributed by atoms with Gasteiger partial charge >= 0.3 is 0 Å². The highest BCUT2D eigenvalue weighted by Gasteiger charge is 2.33. The zero-order chi connectivity index (χ0) is 16.7. The molecule has 0 aromatic carbocycles. The maximum absolute atomic E-state index is 12.7. The third-order valence-electron chi connectivity index (χ3n) is 4.74. The monoisotopic (exact) mass is 327 g/mol. The molecule has 1 atom stereocenters. The second kappa shape index (κ2) is 5.90. The minimum absolute atomic E-state index is 0.00867. The van der Waals surface area contributed by atoms with E-state index in [0.29, 0.717) is 36.9 Å². The molecule has 2 aliphatic rings. The number of hydrogen-bond acceptors (Lipinski definition) is 5. The van der Waals surface area contributed by atoms with E-state index in [4.69, 9.17) is 0 Å². The Kier molecular flexibility index (Phi) is 3.72. The van der Waals surface area contributed by atoms with Crippen LogP contribution in [0, 0.1) is 5.92 Å². The Hall–Kier alpha value is -2.41. The molecule has 1 aliphatic heterocycles. The van der Waals surface area contributed by atoms with Crippen LogP contribution in [0.3, 0.4) is 0 Å². The maximum atomic E-state index is 12.7. The van der Waals surface area contributed by atoms with Crippen molar-refractivity contribution in [2.24, 2.45) is 5.92 Å². The first kappa shape index (κ1) is 15.1. The largest absolute Gasteiger partial charge is 0.386 e. The molecule has 0 unspecified atom stereocenters. The van der Waals surface area contributed by atoms with E-state index in [-0.39, 0.29) is 5.91 Å². The van der Waals surface area contributed by atoms with Crippen molar-refractivity contribution in [1.82, 2.24) is 19.7 Å². The summed E-state index contributed by atoms with van der Waals surface area (Å²) < 4.78 is 1.91. The van der Waals surface area contributed by atoms with Gasteiger partial charge in [-0.25, -0.2) is 4.98 Å². The Morgan fingerprint density at radius 1 is 1.38 bits per heavy atom. The molecule has 1 aliphatic carbocycles. The molecular weight excluding hydrogens is 306 g/mol. The van der Waals surface area contributed by atoms with E-state index in [0.717, 1.165) is 24.2 Å². The van der Waals surface area contributed by atoms with Crippen LogP contribution in [-0.4, -0.2) is 44.3 Å². The van der Waals surface area contributed by atoms with Crippen LogP contribution >= 0.6 is 0 Å². The lowest BCUT2D eigenvalue weighted by atomic mass is 10.1. The van der Waals surface area contributed by atoms with Crippen molar-refractivity contribution in [2.45, 2.75) is 32.0 Å². The van der Waals surface area contributed by atoms with Gasteiger partial charge in [-0.1, -0.05) is 0 Å². The molecule has 126 valence electrons. The number of amides is 1. The second-order valence-corrected chi connectivity index (χ2v) is 6.47. The number of fused-ring (bicyclic) bond motifs is 1. The molecule has 7 heteroatoms. The molecule has 0 spiro atoms. The molecule has 2 aromatic heterocycles. The Morgan fingerprint density at radius 3 is 2.96 bits per heavy atom. The summed E-state index contributed by atoms with van der Waals surface area (Å²) in [5, 5.41) is 17.7. The van der Waals surface area contributed by atoms with E-state index in [1.807, 2.05) is 15.6 Å². The van der Waals surface area contributed by atoms with E-state index in [1.165, 1.54) is 0 Å². The molecule has 24 heavy (non-hydrogen) atoms. The lowest BCUT2D eigenvalue weighted by Crippen LogP contribution is -2.38. The summed E-state index contributed by atoms with van der Waals surface area (Å²) in [4.78, 5) is 18.7. The Morgan fingerprint density at radius 2 is 2.21 bits per heavy atom. The molecule has 0 bridgehead atoms. The van der Waals surface area contributed by atoms with E-state index < -0.39 is 6.10 Å². The van der Waals surface area contributed by atoms with Gasteiger partial charge in [0.25, 0.3) is 5.91 Å². The minimum atomic E-state index is -0.467. The van der Waals surface area contributed by atoms with E-state index in [1.54, 1.807) is 25.4 Å². The number of nitrogens with zero attached hydrogens (tertiary/aromatic N) is 4. The fraction of sp³-hybridized carbons (Fsp3) is 0.471. The Balaban J connectivity index is 1.51. The van der Waals surface area contributed by atoms with Crippen molar-refractivity contribution in [3.63, 3.8) is 0 Å². The maximum Gasteiger partial charge on any atom is 0.254 e. The number of rotatable bonds is 4.